The molecule has 0 aliphatic rings. The lowest BCUT2D eigenvalue weighted by molar-refractivity contribution is 0.216. The Bertz CT molecular complexity index is 563. The van der Waals surface area contributed by atoms with Gasteiger partial charge in [0.2, 0.25) is 0 Å². The van der Waals surface area contributed by atoms with Crippen LogP contribution in [0.3, 0.4) is 0 Å². The minimum Gasteiger partial charge on any atom is -0.452 e. The Balaban J connectivity index is 1.94. The first kappa shape index (κ1) is 13.7. The van der Waals surface area contributed by atoms with Gasteiger partial charge in [-0.25, -0.2) is 4.79 Å². The Morgan fingerprint density at radius 3 is 2.53 bits per heavy atom. The maximum atomic E-state index is 12.0. The number of urea groups is 1. The largest absolute Gasteiger partial charge is 0.452 e. The zero-order chi connectivity index (χ0) is 13.8. The molecule has 1 heterocycles. The number of benzene rings is 1. The Morgan fingerprint density at radius 2 is 1.95 bits per heavy atom. The van der Waals surface area contributed by atoms with Gasteiger partial charge in [0.25, 0.3) is 0 Å². The first-order valence-corrected chi connectivity index (χ1v) is 6.67. The van der Waals surface area contributed by atoms with Crippen molar-refractivity contribution in [2.45, 2.75) is 13.5 Å². The number of rotatable bonds is 3. The van der Waals surface area contributed by atoms with Crippen LogP contribution in [0.1, 0.15) is 11.3 Å². The summed E-state index contributed by atoms with van der Waals surface area (Å²) in [5.41, 5.74) is 1.94. The predicted molar refractivity (Wildman–Crippen MR) is 78.1 cm³/mol. The second-order valence-electron chi connectivity index (χ2n) is 4.36. The third kappa shape index (κ3) is 3.86. The summed E-state index contributed by atoms with van der Waals surface area (Å²) in [6.07, 6.45) is 0. The number of halogens is 1. The molecular formula is C14H15BrN2O2. The maximum Gasteiger partial charge on any atom is 0.321 e. The van der Waals surface area contributed by atoms with Crippen molar-refractivity contribution in [1.82, 2.24) is 4.90 Å². The van der Waals surface area contributed by atoms with Crippen molar-refractivity contribution in [3.63, 3.8) is 0 Å². The molecule has 0 bridgehead atoms. The maximum absolute atomic E-state index is 12.0. The molecule has 0 fully saturated rings. The van der Waals surface area contributed by atoms with Crippen LogP contribution in [0.5, 0.6) is 0 Å². The Kier molecular flexibility index (Phi) is 4.27. The van der Waals surface area contributed by atoms with E-state index in [4.69, 9.17) is 4.42 Å². The predicted octanol–water partition coefficient (Wildman–Crippen LogP) is 4.01. The Labute approximate surface area is 120 Å². The second kappa shape index (κ2) is 5.93. The fraction of sp³-hybridized carbons (Fsp3) is 0.214. The van der Waals surface area contributed by atoms with Gasteiger partial charge in [-0.3, -0.25) is 0 Å². The van der Waals surface area contributed by atoms with E-state index in [0.29, 0.717) is 11.2 Å². The zero-order valence-corrected chi connectivity index (χ0v) is 12.4. The molecule has 0 radical (unpaired) electrons. The van der Waals surface area contributed by atoms with Crippen LogP contribution >= 0.6 is 15.9 Å². The summed E-state index contributed by atoms with van der Waals surface area (Å²) in [6, 6.07) is 11.1. The molecule has 2 rings (SSSR count). The third-order valence-corrected chi connectivity index (χ3v) is 3.10. The molecule has 0 unspecified atom stereocenters. The standard InChI is InChI=1S/C14H15BrN2O2/c1-10-3-5-11(6-4-10)16-14(18)17(2)9-12-7-8-13(15)19-12/h3-8H,9H2,1-2H3,(H,16,18). The van der Waals surface area contributed by atoms with Gasteiger partial charge in [-0.1, -0.05) is 17.7 Å². The van der Waals surface area contributed by atoms with Crippen LogP contribution in [0.2, 0.25) is 0 Å². The van der Waals surface area contributed by atoms with Crippen LogP contribution in [0.25, 0.3) is 0 Å². The van der Waals surface area contributed by atoms with Gasteiger partial charge in [0, 0.05) is 12.7 Å². The van der Waals surface area contributed by atoms with Crippen molar-refractivity contribution >= 4 is 27.6 Å². The van der Waals surface area contributed by atoms with Crippen LogP contribution in [-0.4, -0.2) is 18.0 Å². The lowest BCUT2D eigenvalue weighted by atomic mass is 10.2. The summed E-state index contributed by atoms with van der Waals surface area (Å²) in [4.78, 5) is 13.5. The summed E-state index contributed by atoms with van der Waals surface area (Å²) >= 11 is 3.23. The molecule has 1 aromatic carbocycles. The fourth-order valence-electron chi connectivity index (χ4n) is 1.60. The minimum absolute atomic E-state index is 0.170. The summed E-state index contributed by atoms with van der Waals surface area (Å²) in [5.74, 6) is 0.730. The van der Waals surface area contributed by atoms with Crippen molar-refractivity contribution in [3.8, 4) is 0 Å². The SMILES string of the molecule is Cc1ccc(NC(=O)N(C)Cc2ccc(Br)o2)cc1. The number of aryl methyl sites for hydroxylation is 1. The number of carbonyl (C=O) groups is 1. The molecule has 4 nitrogen and oxygen atoms in total. The van der Waals surface area contributed by atoms with Crippen LogP contribution in [0.4, 0.5) is 10.5 Å². The molecule has 100 valence electrons. The van der Waals surface area contributed by atoms with E-state index in [9.17, 15) is 4.79 Å². The topological polar surface area (TPSA) is 45.5 Å². The quantitative estimate of drug-likeness (QED) is 0.927. The van der Waals surface area contributed by atoms with Crippen molar-refractivity contribution in [3.05, 3.63) is 52.4 Å². The fourth-order valence-corrected chi connectivity index (χ4v) is 1.94. The lowest BCUT2D eigenvalue weighted by Gasteiger charge is -2.16. The van der Waals surface area contributed by atoms with E-state index in [1.807, 2.05) is 37.3 Å². The van der Waals surface area contributed by atoms with E-state index in [-0.39, 0.29) is 6.03 Å². The second-order valence-corrected chi connectivity index (χ2v) is 5.14. The number of hydrogen-bond acceptors (Lipinski definition) is 2. The number of furan rings is 1. The van der Waals surface area contributed by atoms with E-state index in [1.54, 1.807) is 18.0 Å². The number of anilines is 1. The highest BCUT2D eigenvalue weighted by Crippen LogP contribution is 2.16. The van der Waals surface area contributed by atoms with Gasteiger partial charge in [0.1, 0.15) is 5.76 Å². The molecule has 0 atom stereocenters. The monoisotopic (exact) mass is 322 g/mol. The zero-order valence-electron chi connectivity index (χ0n) is 10.8. The molecule has 2 amide bonds. The van der Waals surface area contributed by atoms with Crippen LogP contribution in [-0.2, 0) is 6.54 Å². The van der Waals surface area contributed by atoms with Gasteiger partial charge in [-0.2, -0.15) is 0 Å². The average Bonchev–Trinajstić information content (AvgIpc) is 2.77. The van der Waals surface area contributed by atoms with Crippen LogP contribution in [0.15, 0.2) is 45.5 Å². The first-order chi connectivity index (χ1) is 9.04. The molecule has 0 aliphatic heterocycles. The van der Waals surface area contributed by atoms with Crippen molar-refractivity contribution in [2.24, 2.45) is 0 Å². The van der Waals surface area contributed by atoms with E-state index in [2.05, 4.69) is 21.2 Å². The van der Waals surface area contributed by atoms with Crippen LogP contribution < -0.4 is 5.32 Å². The van der Waals surface area contributed by atoms with E-state index >= 15 is 0 Å². The number of hydrogen-bond donors (Lipinski definition) is 1. The molecular weight excluding hydrogens is 308 g/mol. The van der Waals surface area contributed by atoms with Crippen molar-refractivity contribution < 1.29 is 9.21 Å². The molecule has 0 aliphatic carbocycles. The molecule has 2 aromatic rings. The Hall–Kier alpha value is -1.75. The number of nitrogens with zero attached hydrogens (tertiary/aromatic N) is 1. The Morgan fingerprint density at radius 1 is 1.26 bits per heavy atom. The molecule has 0 spiro atoms. The van der Waals surface area contributed by atoms with Gasteiger partial charge < -0.3 is 14.6 Å². The third-order valence-electron chi connectivity index (χ3n) is 2.67. The summed E-state index contributed by atoms with van der Waals surface area (Å²) < 4.78 is 6.03. The highest BCUT2D eigenvalue weighted by atomic mass is 79.9. The molecule has 0 saturated heterocycles. The number of nitrogens with one attached hydrogen (secondary N) is 1. The van der Waals surface area contributed by atoms with Gasteiger partial charge in [0.05, 0.1) is 6.54 Å². The van der Waals surface area contributed by atoms with Gasteiger partial charge in [0.15, 0.2) is 4.67 Å². The molecule has 1 N–H and O–H groups in total. The van der Waals surface area contributed by atoms with E-state index in [1.165, 1.54) is 0 Å². The molecule has 0 saturated carbocycles. The molecule has 5 heteroatoms. The highest BCUT2D eigenvalue weighted by molar-refractivity contribution is 9.10. The van der Waals surface area contributed by atoms with E-state index in [0.717, 1.165) is 17.0 Å². The number of carbonyl (C=O) groups excluding carboxylic acids is 1. The van der Waals surface area contributed by atoms with Crippen molar-refractivity contribution in [2.75, 3.05) is 12.4 Å². The van der Waals surface area contributed by atoms with E-state index < -0.39 is 0 Å². The van der Waals surface area contributed by atoms with Crippen molar-refractivity contribution in [1.29, 1.82) is 0 Å². The highest BCUT2D eigenvalue weighted by Gasteiger charge is 2.11. The smallest absolute Gasteiger partial charge is 0.321 e. The molecule has 19 heavy (non-hydrogen) atoms. The number of amides is 2. The first-order valence-electron chi connectivity index (χ1n) is 5.87. The lowest BCUT2D eigenvalue weighted by Crippen LogP contribution is -2.30. The van der Waals surface area contributed by atoms with Gasteiger partial charge in [-0.05, 0) is 47.1 Å². The molecule has 1 aromatic heterocycles. The summed E-state index contributed by atoms with van der Waals surface area (Å²) in [7, 11) is 1.72. The summed E-state index contributed by atoms with van der Waals surface area (Å²) in [5, 5.41) is 2.83. The van der Waals surface area contributed by atoms with Gasteiger partial charge in [-0.15, -0.1) is 0 Å². The minimum atomic E-state index is -0.170. The average molecular weight is 323 g/mol. The van der Waals surface area contributed by atoms with Crippen LogP contribution in [0, 0.1) is 6.92 Å². The van der Waals surface area contributed by atoms with Gasteiger partial charge >= 0.3 is 6.03 Å². The summed E-state index contributed by atoms with van der Waals surface area (Å²) in [6.45, 7) is 2.43. The normalized spacial score (nSPS) is 10.3.